The van der Waals surface area contributed by atoms with Gasteiger partial charge in [-0.2, -0.15) is 0 Å². The molecule has 1 radical (unpaired) electrons. The minimum absolute atomic E-state index is 0.609. The zero-order valence-electron chi connectivity index (χ0n) is 8.29. The predicted molar refractivity (Wildman–Crippen MR) is 56.5 cm³/mol. The van der Waals surface area contributed by atoms with E-state index in [0.29, 0.717) is 5.92 Å². The largest absolute Gasteiger partial charge is 0.253 e. The van der Waals surface area contributed by atoms with Gasteiger partial charge in [0.2, 0.25) is 0 Å². The highest BCUT2D eigenvalue weighted by Crippen LogP contribution is 2.22. The predicted octanol–water partition coefficient (Wildman–Crippen LogP) is 2.81. The number of hydrogen-bond donors (Lipinski definition) is 0. The lowest BCUT2D eigenvalue weighted by atomic mass is 9.90. The maximum Gasteiger partial charge on any atom is 0.105 e. The number of pyridine rings is 1. The van der Waals surface area contributed by atoms with Crippen LogP contribution in [-0.2, 0) is 0 Å². The van der Waals surface area contributed by atoms with Crippen molar-refractivity contribution in [3.8, 4) is 11.8 Å². The second-order valence-corrected chi connectivity index (χ2v) is 3.77. The first-order chi connectivity index (χ1) is 6.95. The summed E-state index contributed by atoms with van der Waals surface area (Å²) in [7, 11) is 0. The summed E-state index contributed by atoms with van der Waals surface area (Å²) in [6.07, 6.45) is 11.2. The highest BCUT2D eigenvalue weighted by Gasteiger charge is 2.09. The van der Waals surface area contributed by atoms with Crippen molar-refractivity contribution < 1.29 is 0 Å². The van der Waals surface area contributed by atoms with E-state index in [2.05, 4.69) is 23.0 Å². The molecular formula is C13H14N. The van der Waals surface area contributed by atoms with Crippen molar-refractivity contribution >= 4 is 0 Å². The van der Waals surface area contributed by atoms with E-state index in [1.807, 2.05) is 12.1 Å². The van der Waals surface area contributed by atoms with Crippen LogP contribution < -0.4 is 0 Å². The first-order valence-electron chi connectivity index (χ1n) is 5.29. The summed E-state index contributed by atoms with van der Waals surface area (Å²) in [5, 5.41) is 0. The Morgan fingerprint density at radius 2 is 2.14 bits per heavy atom. The van der Waals surface area contributed by atoms with E-state index >= 15 is 0 Å². The summed E-state index contributed by atoms with van der Waals surface area (Å²) < 4.78 is 0. The summed E-state index contributed by atoms with van der Waals surface area (Å²) in [6, 6.07) is 3.87. The van der Waals surface area contributed by atoms with Gasteiger partial charge in [-0.1, -0.05) is 31.1 Å². The molecule has 1 saturated carbocycles. The molecule has 0 aliphatic heterocycles. The third-order valence-corrected chi connectivity index (χ3v) is 2.62. The maximum absolute atomic E-state index is 3.92. The van der Waals surface area contributed by atoms with Gasteiger partial charge in [0.25, 0.3) is 0 Å². The smallest absolute Gasteiger partial charge is 0.105 e. The van der Waals surface area contributed by atoms with Crippen LogP contribution in [0.15, 0.2) is 18.3 Å². The molecule has 0 bridgehead atoms. The van der Waals surface area contributed by atoms with E-state index in [4.69, 9.17) is 0 Å². The van der Waals surface area contributed by atoms with E-state index in [1.54, 1.807) is 6.20 Å². The van der Waals surface area contributed by atoms with Crippen LogP contribution in [-0.4, -0.2) is 4.98 Å². The number of aromatic nitrogens is 1. The standard InChI is InChI=1S/C13H14N/c1-2-5-12(6-3-1)8-9-13-7-4-10-14-11-13/h4,7,10,12H,1-3,5-6H2. The van der Waals surface area contributed by atoms with Gasteiger partial charge >= 0.3 is 0 Å². The van der Waals surface area contributed by atoms with Gasteiger partial charge in [0, 0.05) is 12.1 Å². The minimum atomic E-state index is 0.609. The molecule has 14 heavy (non-hydrogen) atoms. The molecule has 1 nitrogen and oxygen atoms in total. The van der Waals surface area contributed by atoms with Crippen molar-refractivity contribution in [3.05, 3.63) is 30.1 Å². The van der Waals surface area contributed by atoms with E-state index < -0.39 is 0 Å². The van der Waals surface area contributed by atoms with Crippen LogP contribution in [0, 0.1) is 24.0 Å². The van der Waals surface area contributed by atoms with Crippen molar-refractivity contribution in [2.45, 2.75) is 32.1 Å². The van der Waals surface area contributed by atoms with Crippen molar-refractivity contribution in [3.63, 3.8) is 0 Å². The monoisotopic (exact) mass is 184 g/mol. The zero-order valence-corrected chi connectivity index (χ0v) is 8.29. The SMILES string of the molecule is C(#CC1CCCCC1)c1[c]nccc1. The van der Waals surface area contributed by atoms with Gasteiger partial charge < -0.3 is 0 Å². The molecule has 1 heteroatoms. The van der Waals surface area contributed by atoms with E-state index in [1.165, 1.54) is 32.1 Å². The zero-order chi connectivity index (χ0) is 9.64. The second kappa shape index (κ2) is 4.81. The van der Waals surface area contributed by atoms with Gasteiger partial charge in [-0.05, 0) is 25.0 Å². The van der Waals surface area contributed by atoms with Crippen molar-refractivity contribution in [2.24, 2.45) is 5.92 Å². The molecule has 0 saturated heterocycles. The molecule has 0 N–H and O–H groups in total. The van der Waals surface area contributed by atoms with Gasteiger partial charge in [-0.15, -0.1) is 0 Å². The molecule has 2 rings (SSSR count). The lowest BCUT2D eigenvalue weighted by Gasteiger charge is -2.15. The molecule has 1 aromatic heterocycles. The lowest BCUT2D eigenvalue weighted by molar-refractivity contribution is 0.430. The third-order valence-electron chi connectivity index (χ3n) is 2.62. The van der Waals surface area contributed by atoms with Crippen molar-refractivity contribution in [1.82, 2.24) is 4.98 Å². The molecule has 0 atom stereocenters. The fraction of sp³-hybridized carbons (Fsp3) is 0.462. The second-order valence-electron chi connectivity index (χ2n) is 3.77. The van der Waals surface area contributed by atoms with Gasteiger partial charge in [0.15, 0.2) is 0 Å². The summed E-state index contributed by atoms with van der Waals surface area (Å²) >= 11 is 0. The Morgan fingerprint density at radius 3 is 2.86 bits per heavy atom. The molecule has 1 aromatic rings. The van der Waals surface area contributed by atoms with Crippen LogP contribution in [0.2, 0.25) is 0 Å². The topological polar surface area (TPSA) is 12.9 Å². The molecule has 1 aliphatic carbocycles. The van der Waals surface area contributed by atoms with Crippen molar-refractivity contribution in [2.75, 3.05) is 0 Å². The Kier molecular flexibility index (Phi) is 3.19. The highest BCUT2D eigenvalue weighted by atomic mass is 14.6. The number of nitrogens with zero attached hydrogens (tertiary/aromatic N) is 1. The molecule has 1 fully saturated rings. The number of hydrogen-bond acceptors (Lipinski definition) is 1. The first-order valence-corrected chi connectivity index (χ1v) is 5.29. The maximum atomic E-state index is 3.92. The Bertz CT molecular complexity index is 325. The summed E-state index contributed by atoms with van der Waals surface area (Å²) in [6.45, 7) is 0. The van der Waals surface area contributed by atoms with Crippen LogP contribution >= 0.6 is 0 Å². The van der Waals surface area contributed by atoms with E-state index in [-0.39, 0.29) is 0 Å². The average Bonchev–Trinajstić information content (AvgIpc) is 2.29. The fourth-order valence-corrected chi connectivity index (χ4v) is 1.82. The lowest BCUT2D eigenvalue weighted by Crippen LogP contribution is -2.02. The molecule has 1 heterocycles. The van der Waals surface area contributed by atoms with Crippen LogP contribution in [0.25, 0.3) is 0 Å². The first kappa shape index (κ1) is 9.27. The number of rotatable bonds is 0. The van der Waals surface area contributed by atoms with Gasteiger partial charge in [0.1, 0.15) is 6.20 Å². The highest BCUT2D eigenvalue weighted by molar-refractivity contribution is 5.30. The van der Waals surface area contributed by atoms with Crippen LogP contribution in [0.1, 0.15) is 37.7 Å². The Labute approximate surface area is 85.6 Å². The van der Waals surface area contributed by atoms with Crippen molar-refractivity contribution in [1.29, 1.82) is 0 Å². The van der Waals surface area contributed by atoms with E-state index in [0.717, 1.165) is 5.56 Å². The van der Waals surface area contributed by atoms with Crippen LogP contribution in [0.4, 0.5) is 0 Å². The summed E-state index contributed by atoms with van der Waals surface area (Å²) in [4.78, 5) is 3.92. The average molecular weight is 184 g/mol. The molecule has 0 aromatic carbocycles. The molecular weight excluding hydrogens is 170 g/mol. The quantitative estimate of drug-likeness (QED) is 0.565. The van der Waals surface area contributed by atoms with E-state index in [9.17, 15) is 0 Å². The molecule has 71 valence electrons. The van der Waals surface area contributed by atoms with Gasteiger partial charge in [-0.25, -0.2) is 0 Å². The molecule has 1 aliphatic rings. The fourth-order valence-electron chi connectivity index (χ4n) is 1.82. The normalized spacial score (nSPS) is 17.1. The third kappa shape index (κ3) is 2.60. The Hall–Kier alpha value is -1.29. The van der Waals surface area contributed by atoms with Crippen LogP contribution in [0.5, 0.6) is 0 Å². The molecule has 0 spiro atoms. The molecule has 0 amide bonds. The van der Waals surface area contributed by atoms with Gasteiger partial charge in [0.05, 0.1) is 5.56 Å². The van der Waals surface area contributed by atoms with Gasteiger partial charge in [-0.3, -0.25) is 4.98 Å². The van der Waals surface area contributed by atoms with Crippen LogP contribution in [0.3, 0.4) is 0 Å². The summed E-state index contributed by atoms with van der Waals surface area (Å²) in [5.41, 5.74) is 0.915. The Balaban J connectivity index is 1.99. The minimum Gasteiger partial charge on any atom is -0.253 e. The molecule has 0 unspecified atom stereocenters. The Morgan fingerprint density at radius 1 is 1.29 bits per heavy atom. The summed E-state index contributed by atoms with van der Waals surface area (Å²) in [5.74, 6) is 7.07.